The summed E-state index contributed by atoms with van der Waals surface area (Å²) in [5.41, 5.74) is 3.01. The van der Waals surface area contributed by atoms with E-state index in [1.807, 2.05) is 6.07 Å². The maximum Gasteiger partial charge on any atom is 0.161 e. The van der Waals surface area contributed by atoms with Crippen LogP contribution in [0.2, 0.25) is 0 Å². The minimum absolute atomic E-state index is 0.0714. The molecule has 0 aliphatic carbocycles. The normalized spacial score (nSPS) is 10.7. The lowest BCUT2D eigenvalue weighted by molar-refractivity contribution is 0.373. The van der Waals surface area contributed by atoms with E-state index in [-0.39, 0.29) is 17.2 Å². The second kappa shape index (κ2) is 5.57. The third kappa shape index (κ3) is 2.66. The standard InChI is InChI=1S/C17H16N2O4/c1-19-13(11-4-6-15(21)17(8-11)23-2)9-12(18-19)10-3-5-14(20)16(22)7-10/h3-9,20-22H,1-2H3. The third-order valence-electron chi connectivity index (χ3n) is 3.63. The summed E-state index contributed by atoms with van der Waals surface area (Å²) in [6.45, 7) is 0. The Balaban J connectivity index is 2.06. The number of phenols is 3. The molecule has 6 heteroatoms. The number of rotatable bonds is 3. The van der Waals surface area contributed by atoms with E-state index < -0.39 is 0 Å². The number of hydrogen-bond acceptors (Lipinski definition) is 5. The summed E-state index contributed by atoms with van der Waals surface area (Å²) < 4.78 is 6.83. The average molecular weight is 312 g/mol. The van der Waals surface area contributed by atoms with Gasteiger partial charge in [-0.05, 0) is 42.5 Å². The van der Waals surface area contributed by atoms with Crippen molar-refractivity contribution in [1.82, 2.24) is 9.78 Å². The first kappa shape index (κ1) is 14.8. The van der Waals surface area contributed by atoms with Crippen LogP contribution in [-0.2, 0) is 7.05 Å². The summed E-state index contributed by atoms with van der Waals surface area (Å²) in [6.07, 6.45) is 0. The lowest BCUT2D eigenvalue weighted by atomic mass is 10.1. The predicted octanol–water partition coefficient (Wildman–Crippen LogP) is 2.88. The molecule has 0 saturated heterocycles. The van der Waals surface area contributed by atoms with Gasteiger partial charge in [0.2, 0.25) is 0 Å². The molecule has 2 aromatic carbocycles. The smallest absolute Gasteiger partial charge is 0.161 e. The van der Waals surface area contributed by atoms with Crippen LogP contribution in [0.1, 0.15) is 0 Å². The zero-order chi connectivity index (χ0) is 16.6. The van der Waals surface area contributed by atoms with E-state index in [2.05, 4.69) is 5.10 Å². The van der Waals surface area contributed by atoms with Gasteiger partial charge in [-0.1, -0.05) is 0 Å². The molecule has 0 bridgehead atoms. The molecule has 1 aromatic heterocycles. The summed E-state index contributed by atoms with van der Waals surface area (Å²) in [4.78, 5) is 0. The van der Waals surface area contributed by atoms with Crippen molar-refractivity contribution in [2.24, 2.45) is 7.05 Å². The Labute approximate surface area is 132 Å². The monoisotopic (exact) mass is 312 g/mol. The van der Waals surface area contributed by atoms with Gasteiger partial charge in [-0.15, -0.1) is 0 Å². The fraction of sp³-hybridized carbons (Fsp3) is 0.118. The van der Waals surface area contributed by atoms with Crippen molar-refractivity contribution < 1.29 is 20.1 Å². The zero-order valence-corrected chi connectivity index (χ0v) is 12.7. The van der Waals surface area contributed by atoms with Crippen LogP contribution >= 0.6 is 0 Å². The van der Waals surface area contributed by atoms with Crippen LogP contribution in [0.15, 0.2) is 42.5 Å². The van der Waals surface area contributed by atoms with Gasteiger partial charge in [-0.2, -0.15) is 5.10 Å². The van der Waals surface area contributed by atoms with Crippen molar-refractivity contribution in [3.05, 3.63) is 42.5 Å². The Hall–Kier alpha value is -3.15. The number of nitrogens with zero attached hydrogens (tertiary/aromatic N) is 2. The Kier molecular flexibility index (Phi) is 3.57. The number of aryl methyl sites for hydroxylation is 1. The number of benzene rings is 2. The second-order valence-electron chi connectivity index (χ2n) is 5.13. The van der Waals surface area contributed by atoms with Crippen LogP contribution < -0.4 is 4.74 Å². The van der Waals surface area contributed by atoms with Crippen LogP contribution in [0.4, 0.5) is 0 Å². The van der Waals surface area contributed by atoms with Crippen LogP contribution in [0.3, 0.4) is 0 Å². The van der Waals surface area contributed by atoms with Crippen molar-refractivity contribution in [3.63, 3.8) is 0 Å². The molecule has 0 unspecified atom stereocenters. The lowest BCUT2D eigenvalue weighted by Gasteiger charge is -2.06. The van der Waals surface area contributed by atoms with Crippen LogP contribution in [0.25, 0.3) is 22.5 Å². The number of aromatic hydroxyl groups is 3. The highest BCUT2D eigenvalue weighted by Crippen LogP contribution is 2.34. The van der Waals surface area contributed by atoms with Crippen LogP contribution in [-0.4, -0.2) is 32.2 Å². The Morgan fingerprint density at radius 2 is 1.57 bits per heavy atom. The first-order chi connectivity index (χ1) is 11.0. The quantitative estimate of drug-likeness (QED) is 0.647. The molecule has 118 valence electrons. The number of hydrogen-bond donors (Lipinski definition) is 3. The van der Waals surface area contributed by atoms with Crippen molar-refractivity contribution in [1.29, 1.82) is 0 Å². The van der Waals surface area contributed by atoms with Gasteiger partial charge in [0.15, 0.2) is 23.0 Å². The third-order valence-corrected chi connectivity index (χ3v) is 3.63. The average Bonchev–Trinajstić information content (AvgIpc) is 2.92. The van der Waals surface area contributed by atoms with Gasteiger partial charge < -0.3 is 20.1 Å². The van der Waals surface area contributed by atoms with E-state index in [4.69, 9.17) is 4.74 Å². The zero-order valence-electron chi connectivity index (χ0n) is 12.7. The SMILES string of the molecule is COc1cc(-c2cc(-c3ccc(O)c(O)c3)nn2C)ccc1O. The molecule has 0 atom stereocenters. The van der Waals surface area contributed by atoms with Crippen molar-refractivity contribution >= 4 is 0 Å². The van der Waals surface area contributed by atoms with Crippen LogP contribution in [0.5, 0.6) is 23.0 Å². The predicted molar refractivity (Wildman–Crippen MR) is 85.6 cm³/mol. The van der Waals surface area contributed by atoms with Crippen molar-refractivity contribution in [3.8, 4) is 45.5 Å². The summed E-state index contributed by atoms with van der Waals surface area (Å²) in [5.74, 6) is 0.0869. The topological polar surface area (TPSA) is 87.7 Å². The molecular formula is C17H16N2O4. The van der Waals surface area contributed by atoms with Gasteiger partial charge in [0.1, 0.15) is 0 Å². The fourth-order valence-electron chi connectivity index (χ4n) is 2.40. The number of aromatic nitrogens is 2. The summed E-state index contributed by atoms with van der Waals surface area (Å²) in [7, 11) is 3.30. The van der Waals surface area contributed by atoms with Gasteiger partial charge in [-0.25, -0.2) is 0 Å². The van der Waals surface area contributed by atoms with Gasteiger partial charge in [0.25, 0.3) is 0 Å². The van der Waals surface area contributed by atoms with Crippen molar-refractivity contribution in [2.75, 3.05) is 7.11 Å². The largest absolute Gasteiger partial charge is 0.504 e. The Morgan fingerprint density at radius 3 is 2.26 bits per heavy atom. The lowest BCUT2D eigenvalue weighted by Crippen LogP contribution is -1.94. The van der Waals surface area contributed by atoms with E-state index in [1.54, 1.807) is 36.0 Å². The minimum atomic E-state index is -0.194. The fourth-order valence-corrected chi connectivity index (χ4v) is 2.40. The first-order valence-corrected chi connectivity index (χ1v) is 6.93. The molecule has 23 heavy (non-hydrogen) atoms. The minimum Gasteiger partial charge on any atom is -0.504 e. The number of phenolic OH excluding ortho intramolecular Hbond substituents is 3. The molecule has 0 amide bonds. The molecule has 0 saturated carbocycles. The number of ether oxygens (including phenoxy) is 1. The molecule has 3 N–H and O–H groups in total. The van der Waals surface area contributed by atoms with Crippen LogP contribution in [0, 0.1) is 0 Å². The summed E-state index contributed by atoms with van der Waals surface area (Å²) >= 11 is 0. The molecule has 1 heterocycles. The molecule has 3 aromatic rings. The molecule has 0 aliphatic heterocycles. The highest BCUT2D eigenvalue weighted by atomic mass is 16.5. The molecule has 0 radical (unpaired) electrons. The van der Waals surface area contributed by atoms with Gasteiger partial charge in [-0.3, -0.25) is 4.68 Å². The van der Waals surface area contributed by atoms with Crippen molar-refractivity contribution in [2.45, 2.75) is 0 Å². The highest BCUT2D eigenvalue weighted by molar-refractivity contribution is 5.71. The van der Waals surface area contributed by atoms with Gasteiger partial charge >= 0.3 is 0 Å². The van der Waals surface area contributed by atoms with Gasteiger partial charge in [0.05, 0.1) is 18.5 Å². The molecule has 3 rings (SSSR count). The van der Waals surface area contributed by atoms with Gasteiger partial charge in [0, 0.05) is 18.2 Å². The first-order valence-electron chi connectivity index (χ1n) is 6.93. The van der Waals surface area contributed by atoms with E-state index in [9.17, 15) is 15.3 Å². The van der Waals surface area contributed by atoms with E-state index in [1.165, 1.54) is 19.2 Å². The van der Waals surface area contributed by atoms with E-state index in [0.29, 0.717) is 17.0 Å². The summed E-state index contributed by atoms with van der Waals surface area (Å²) in [6, 6.07) is 11.5. The molecule has 6 nitrogen and oxygen atoms in total. The summed E-state index contributed by atoms with van der Waals surface area (Å²) in [5, 5.41) is 33.1. The highest BCUT2D eigenvalue weighted by Gasteiger charge is 2.12. The van der Waals surface area contributed by atoms with E-state index >= 15 is 0 Å². The maximum atomic E-state index is 9.69. The second-order valence-corrected chi connectivity index (χ2v) is 5.13. The van der Waals surface area contributed by atoms with E-state index in [0.717, 1.165) is 11.3 Å². The Morgan fingerprint density at radius 1 is 0.870 bits per heavy atom. The molecular weight excluding hydrogens is 296 g/mol. The molecule has 0 fully saturated rings. The maximum absolute atomic E-state index is 9.69. The Bertz CT molecular complexity index is 871. The molecule has 0 spiro atoms. The number of methoxy groups -OCH3 is 1. The molecule has 0 aliphatic rings.